The molecule has 20 heavy (non-hydrogen) atoms. The summed E-state index contributed by atoms with van der Waals surface area (Å²) in [7, 11) is 0. The van der Waals surface area contributed by atoms with Gasteiger partial charge in [-0.2, -0.15) is 0 Å². The predicted octanol–water partition coefficient (Wildman–Crippen LogP) is 2.10. The first-order chi connectivity index (χ1) is 9.44. The zero-order chi connectivity index (χ0) is 14.6. The minimum Gasteiger partial charge on any atom is -0.490 e. The van der Waals surface area contributed by atoms with Crippen molar-refractivity contribution in [2.75, 3.05) is 6.54 Å². The summed E-state index contributed by atoms with van der Waals surface area (Å²) in [6.07, 6.45) is 1.72. The summed E-state index contributed by atoms with van der Waals surface area (Å²) in [5.41, 5.74) is -0.202. The van der Waals surface area contributed by atoms with Crippen LogP contribution in [-0.2, 0) is 4.79 Å². The molecule has 1 saturated heterocycles. The van der Waals surface area contributed by atoms with Crippen molar-refractivity contribution in [2.24, 2.45) is 0 Å². The maximum atomic E-state index is 12.2. The lowest BCUT2D eigenvalue weighted by molar-refractivity contribution is -0.125. The van der Waals surface area contributed by atoms with Crippen LogP contribution in [0, 0.1) is 0 Å². The highest BCUT2D eigenvalue weighted by Crippen LogP contribution is 2.18. The highest BCUT2D eigenvalue weighted by molar-refractivity contribution is 5.82. The highest BCUT2D eigenvalue weighted by atomic mass is 16.5. The lowest BCUT2D eigenvalue weighted by atomic mass is 9.99. The molecule has 0 unspecified atom stereocenters. The molecule has 4 heteroatoms. The molecule has 2 N–H and O–H groups in total. The second kappa shape index (κ2) is 6.27. The van der Waals surface area contributed by atoms with Crippen LogP contribution in [0.1, 0.15) is 33.6 Å². The number of nitrogens with one attached hydrogen (secondary N) is 2. The fourth-order valence-electron chi connectivity index (χ4n) is 2.34. The molecule has 0 aromatic heterocycles. The molecular formula is C16H24N2O2. The molecule has 1 aliphatic rings. The van der Waals surface area contributed by atoms with Crippen molar-refractivity contribution in [1.29, 1.82) is 0 Å². The van der Waals surface area contributed by atoms with E-state index in [1.165, 1.54) is 0 Å². The van der Waals surface area contributed by atoms with Crippen LogP contribution in [0.4, 0.5) is 0 Å². The van der Waals surface area contributed by atoms with Crippen LogP contribution in [0.5, 0.6) is 5.75 Å². The van der Waals surface area contributed by atoms with Crippen LogP contribution in [-0.4, -0.2) is 30.1 Å². The average Bonchev–Trinajstić information content (AvgIpc) is 2.38. The van der Waals surface area contributed by atoms with E-state index in [1.54, 1.807) is 0 Å². The van der Waals surface area contributed by atoms with Gasteiger partial charge in [-0.3, -0.25) is 4.79 Å². The molecule has 0 spiro atoms. The van der Waals surface area contributed by atoms with Crippen LogP contribution in [0.3, 0.4) is 0 Å². The third-order valence-electron chi connectivity index (χ3n) is 3.22. The zero-order valence-corrected chi connectivity index (χ0v) is 12.5. The lowest BCUT2D eigenvalue weighted by Gasteiger charge is -2.32. The number of piperidine rings is 1. The van der Waals surface area contributed by atoms with E-state index in [2.05, 4.69) is 10.6 Å². The van der Waals surface area contributed by atoms with Gasteiger partial charge in [0.05, 0.1) is 6.04 Å². The van der Waals surface area contributed by atoms with Gasteiger partial charge in [-0.1, -0.05) is 18.2 Å². The summed E-state index contributed by atoms with van der Waals surface area (Å²) in [5, 5.41) is 6.28. The summed E-state index contributed by atoms with van der Waals surface area (Å²) in [4.78, 5) is 12.2. The van der Waals surface area contributed by atoms with Gasteiger partial charge in [0.15, 0.2) is 0 Å². The molecule has 2 rings (SSSR count). The third kappa shape index (κ3) is 4.53. The van der Waals surface area contributed by atoms with Gasteiger partial charge < -0.3 is 15.4 Å². The molecule has 2 atom stereocenters. The first-order valence-electron chi connectivity index (χ1n) is 7.21. The highest BCUT2D eigenvalue weighted by Gasteiger charge is 2.29. The normalized spacial score (nSPS) is 23.1. The number of para-hydroxylation sites is 1. The molecular weight excluding hydrogens is 252 g/mol. The van der Waals surface area contributed by atoms with E-state index in [9.17, 15) is 4.79 Å². The van der Waals surface area contributed by atoms with Gasteiger partial charge in [-0.25, -0.2) is 0 Å². The van der Waals surface area contributed by atoms with Crippen LogP contribution >= 0.6 is 0 Å². The summed E-state index contributed by atoms with van der Waals surface area (Å²) < 4.78 is 5.95. The minimum atomic E-state index is -0.202. The predicted molar refractivity (Wildman–Crippen MR) is 79.8 cm³/mol. The van der Waals surface area contributed by atoms with Crippen molar-refractivity contribution < 1.29 is 9.53 Å². The number of rotatable bonds is 3. The Morgan fingerprint density at radius 2 is 2.00 bits per heavy atom. The van der Waals surface area contributed by atoms with Crippen LogP contribution < -0.4 is 15.4 Å². The Morgan fingerprint density at radius 1 is 1.30 bits per heavy atom. The minimum absolute atomic E-state index is 0.0545. The lowest BCUT2D eigenvalue weighted by Crippen LogP contribution is -2.54. The van der Waals surface area contributed by atoms with Crippen LogP contribution in [0.2, 0.25) is 0 Å². The number of ether oxygens (including phenoxy) is 1. The fraction of sp³-hybridized carbons (Fsp3) is 0.562. The van der Waals surface area contributed by atoms with Crippen LogP contribution in [0.25, 0.3) is 0 Å². The maximum absolute atomic E-state index is 12.2. The number of carbonyl (C=O) groups is 1. The van der Waals surface area contributed by atoms with Gasteiger partial charge in [0.2, 0.25) is 5.91 Å². The van der Waals surface area contributed by atoms with E-state index in [0.717, 1.165) is 18.7 Å². The Hall–Kier alpha value is -1.55. The topological polar surface area (TPSA) is 50.4 Å². The third-order valence-corrected chi connectivity index (χ3v) is 3.22. The number of hydrogen-bond donors (Lipinski definition) is 2. The molecule has 1 fully saturated rings. The second-order valence-corrected chi connectivity index (χ2v) is 6.32. The van der Waals surface area contributed by atoms with E-state index in [4.69, 9.17) is 4.74 Å². The van der Waals surface area contributed by atoms with Gasteiger partial charge in [-0.05, 0) is 45.9 Å². The molecule has 1 aromatic carbocycles. The van der Waals surface area contributed by atoms with E-state index < -0.39 is 0 Å². The molecule has 1 aromatic rings. The summed E-state index contributed by atoms with van der Waals surface area (Å²) >= 11 is 0. The molecule has 1 amide bonds. The van der Waals surface area contributed by atoms with Crippen molar-refractivity contribution in [3.63, 3.8) is 0 Å². The quantitative estimate of drug-likeness (QED) is 0.889. The van der Waals surface area contributed by atoms with Crippen molar-refractivity contribution in [2.45, 2.75) is 51.3 Å². The molecule has 1 aliphatic heterocycles. The van der Waals surface area contributed by atoms with Crippen molar-refractivity contribution in [3.8, 4) is 5.75 Å². The SMILES string of the molecule is CC(C)(C)NC(=O)[C@@H]1C[C@H](Oc2ccccc2)CCN1. The summed E-state index contributed by atoms with van der Waals surface area (Å²) in [6, 6.07) is 9.62. The van der Waals surface area contributed by atoms with Gasteiger partial charge in [0.25, 0.3) is 0 Å². The molecule has 1 heterocycles. The van der Waals surface area contributed by atoms with E-state index >= 15 is 0 Å². The summed E-state index contributed by atoms with van der Waals surface area (Å²) in [5.74, 6) is 0.924. The Kier molecular flexibility index (Phi) is 4.65. The number of benzene rings is 1. The standard InChI is InChI=1S/C16H24N2O2/c1-16(2,3)18-15(19)14-11-13(9-10-17-14)20-12-7-5-4-6-8-12/h4-8,13-14,17H,9-11H2,1-3H3,(H,18,19)/t13-,14+/m1/s1. The van der Waals surface area contributed by atoms with Gasteiger partial charge in [-0.15, -0.1) is 0 Å². The van der Waals surface area contributed by atoms with Gasteiger partial charge >= 0.3 is 0 Å². The maximum Gasteiger partial charge on any atom is 0.237 e. The Bertz CT molecular complexity index is 440. The zero-order valence-electron chi connectivity index (χ0n) is 12.5. The number of amides is 1. The summed E-state index contributed by atoms with van der Waals surface area (Å²) in [6.45, 7) is 6.78. The Balaban J connectivity index is 1.90. The van der Waals surface area contributed by atoms with Crippen molar-refractivity contribution in [3.05, 3.63) is 30.3 Å². The Morgan fingerprint density at radius 3 is 2.65 bits per heavy atom. The molecule has 0 radical (unpaired) electrons. The monoisotopic (exact) mass is 276 g/mol. The number of carbonyl (C=O) groups excluding carboxylic acids is 1. The smallest absolute Gasteiger partial charge is 0.237 e. The Labute approximate surface area is 120 Å². The first kappa shape index (κ1) is 14.9. The van der Waals surface area contributed by atoms with Crippen LogP contribution in [0.15, 0.2) is 30.3 Å². The first-order valence-corrected chi connectivity index (χ1v) is 7.21. The molecule has 110 valence electrons. The van der Waals surface area contributed by atoms with Gasteiger partial charge in [0, 0.05) is 12.0 Å². The molecule has 0 aliphatic carbocycles. The fourth-order valence-corrected chi connectivity index (χ4v) is 2.34. The van der Waals surface area contributed by atoms with E-state index in [1.807, 2.05) is 51.1 Å². The van der Waals surface area contributed by atoms with Crippen molar-refractivity contribution >= 4 is 5.91 Å². The van der Waals surface area contributed by atoms with E-state index in [0.29, 0.717) is 6.42 Å². The number of hydrogen-bond acceptors (Lipinski definition) is 3. The largest absolute Gasteiger partial charge is 0.490 e. The molecule has 0 saturated carbocycles. The molecule has 4 nitrogen and oxygen atoms in total. The van der Waals surface area contributed by atoms with Crippen molar-refractivity contribution in [1.82, 2.24) is 10.6 Å². The molecule has 0 bridgehead atoms. The average molecular weight is 276 g/mol. The van der Waals surface area contributed by atoms with E-state index in [-0.39, 0.29) is 23.6 Å². The second-order valence-electron chi connectivity index (χ2n) is 6.32. The van der Waals surface area contributed by atoms with Gasteiger partial charge in [0.1, 0.15) is 11.9 Å².